The molecule has 0 fully saturated rings. The summed E-state index contributed by atoms with van der Waals surface area (Å²) in [4.78, 5) is 23.1. The highest BCUT2D eigenvalue weighted by atomic mass is 16.5. The van der Waals surface area contributed by atoms with Crippen molar-refractivity contribution in [2.75, 3.05) is 13.2 Å². The van der Waals surface area contributed by atoms with E-state index in [1.165, 1.54) is 11.1 Å². The summed E-state index contributed by atoms with van der Waals surface area (Å²) < 4.78 is 10.6. The predicted octanol–water partition coefficient (Wildman–Crippen LogP) is 2.99. The van der Waals surface area contributed by atoms with Crippen LogP contribution in [-0.2, 0) is 25.5 Å². The molecule has 1 unspecified atom stereocenters. The minimum atomic E-state index is -0.301. The highest BCUT2D eigenvalue weighted by Gasteiger charge is 2.21. The van der Waals surface area contributed by atoms with Gasteiger partial charge in [-0.25, -0.2) is 0 Å². The van der Waals surface area contributed by atoms with E-state index in [1.807, 2.05) is 12.1 Å². The summed E-state index contributed by atoms with van der Waals surface area (Å²) in [5.41, 5.74) is 2.51. The predicted molar refractivity (Wildman–Crippen MR) is 78.9 cm³/mol. The molecule has 1 aromatic rings. The fourth-order valence-electron chi connectivity index (χ4n) is 2.61. The van der Waals surface area contributed by atoms with E-state index in [2.05, 4.69) is 12.1 Å². The van der Waals surface area contributed by atoms with Gasteiger partial charge in [-0.15, -0.1) is 0 Å². The second-order valence-corrected chi connectivity index (χ2v) is 5.19. The van der Waals surface area contributed by atoms with Crippen LogP contribution >= 0.6 is 0 Å². The van der Waals surface area contributed by atoms with Crippen molar-refractivity contribution in [3.8, 4) is 0 Å². The number of carbonyl (C=O) groups is 2. The average molecular weight is 290 g/mol. The normalized spacial score (nSPS) is 17.1. The average Bonchev–Trinajstić information content (AvgIpc) is 2.51. The van der Waals surface area contributed by atoms with E-state index in [-0.39, 0.29) is 30.7 Å². The van der Waals surface area contributed by atoms with Gasteiger partial charge in [0.2, 0.25) is 0 Å². The molecule has 2 rings (SSSR count). The molecule has 0 saturated heterocycles. The number of benzene rings is 1. The van der Waals surface area contributed by atoms with E-state index in [0.717, 1.165) is 6.42 Å². The molecule has 1 aromatic carbocycles. The molecular formula is C17H22O4. The minimum Gasteiger partial charge on any atom is -0.466 e. The smallest absolute Gasteiger partial charge is 0.306 e. The number of ketones is 1. The van der Waals surface area contributed by atoms with Crippen molar-refractivity contribution in [2.24, 2.45) is 0 Å². The van der Waals surface area contributed by atoms with Crippen molar-refractivity contribution in [1.29, 1.82) is 0 Å². The molecule has 1 atom stereocenters. The van der Waals surface area contributed by atoms with Gasteiger partial charge in [-0.2, -0.15) is 0 Å². The zero-order chi connectivity index (χ0) is 15.1. The van der Waals surface area contributed by atoms with E-state index in [9.17, 15) is 9.59 Å². The second-order valence-electron chi connectivity index (χ2n) is 5.19. The number of esters is 1. The fourth-order valence-corrected chi connectivity index (χ4v) is 2.61. The van der Waals surface area contributed by atoms with Crippen molar-refractivity contribution in [1.82, 2.24) is 0 Å². The van der Waals surface area contributed by atoms with Crippen molar-refractivity contribution >= 4 is 11.8 Å². The standard InChI is InChI=1S/C17H22O4/c1-2-20-17(19)10-8-14(18)7-9-16-15-6-4-3-5-13(15)11-12-21-16/h3-6,16H,2,7-12H2,1H3. The highest BCUT2D eigenvalue weighted by Crippen LogP contribution is 2.30. The van der Waals surface area contributed by atoms with Gasteiger partial charge in [-0.3, -0.25) is 9.59 Å². The van der Waals surface area contributed by atoms with E-state index >= 15 is 0 Å². The van der Waals surface area contributed by atoms with Crippen LogP contribution in [0, 0.1) is 0 Å². The molecule has 0 amide bonds. The molecule has 0 saturated carbocycles. The molecule has 0 radical (unpaired) electrons. The maximum atomic E-state index is 11.8. The summed E-state index contributed by atoms with van der Waals surface area (Å²) in [6.45, 7) is 2.83. The van der Waals surface area contributed by atoms with Gasteiger partial charge in [0.05, 0.1) is 25.7 Å². The summed E-state index contributed by atoms with van der Waals surface area (Å²) in [5.74, 6) is -0.209. The summed E-state index contributed by atoms with van der Waals surface area (Å²) in [5, 5.41) is 0. The van der Waals surface area contributed by atoms with Gasteiger partial charge >= 0.3 is 5.97 Å². The zero-order valence-electron chi connectivity index (χ0n) is 12.5. The quantitative estimate of drug-likeness (QED) is 0.724. The Morgan fingerprint density at radius 1 is 1.24 bits per heavy atom. The molecule has 1 aliphatic heterocycles. The van der Waals surface area contributed by atoms with Crippen LogP contribution in [0.2, 0.25) is 0 Å². The van der Waals surface area contributed by atoms with Crippen LogP contribution in [0.25, 0.3) is 0 Å². The van der Waals surface area contributed by atoms with Crippen LogP contribution < -0.4 is 0 Å². The van der Waals surface area contributed by atoms with Crippen molar-refractivity contribution in [2.45, 2.75) is 45.1 Å². The van der Waals surface area contributed by atoms with Crippen LogP contribution in [0.1, 0.15) is 49.8 Å². The van der Waals surface area contributed by atoms with Crippen LogP contribution in [0.5, 0.6) is 0 Å². The SMILES string of the molecule is CCOC(=O)CCC(=O)CCC1OCCc2ccccc21. The Labute approximate surface area is 125 Å². The van der Waals surface area contributed by atoms with Crippen LogP contribution in [0.4, 0.5) is 0 Å². The number of ether oxygens (including phenoxy) is 2. The van der Waals surface area contributed by atoms with Crippen molar-refractivity contribution in [3.05, 3.63) is 35.4 Å². The molecule has 4 heteroatoms. The minimum absolute atomic E-state index is 0.00138. The molecular weight excluding hydrogens is 268 g/mol. The molecule has 0 aliphatic carbocycles. The van der Waals surface area contributed by atoms with Gasteiger partial charge in [-0.1, -0.05) is 24.3 Å². The lowest BCUT2D eigenvalue weighted by Crippen LogP contribution is -2.17. The molecule has 0 N–H and O–H groups in total. The number of rotatable bonds is 7. The Hall–Kier alpha value is -1.68. The van der Waals surface area contributed by atoms with Gasteiger partial charge in [0.1, 0.15) is 5.78 Å². The Bertz CT molecular complexity index is 495. The lowest BCUT2D eigenvalue weighted by atomic mass is 9.94. The maximum Gasteiger partial charge on any atom is 0.306 e. The Morgan fingerprint density at radius 3 is 2.86 bits per heavy atom. The van der Waals surface area contributed by atoms with Gasteiger partial charge < -0.3 is 9.47 Å². The van der Waals surface area contributed by atoms with Gasteiger partial charge in [0, 0.05) is 12.8 Å². The van der Waals surface area contributed by atoms with Gasteiger partial charge in [0.15, 0.2) is 0 Å². The van der Waals surface area contributed by atoms with Crippen molar-refractivity contribution in [3.63, 3.8) is 0 Å². The molecule has 0 spiro atoms. The Morgan fingerprint density at radius 2 is 2.05 bits per heavy atom. The van der Waals surface area contributed by atoms with E-state index < -0.39 is 0 Å². The third kappa shape index (κ3) is 4.67. The largest absolute Gasteiger partial charge is 0.466 e. The number of hydrogen-bond donors (Lipinski definition) is 0. The first-order chi connectivity index (χ1) is 10.2. The number of carbonyl (C=O) groups excluding carboxylic acids is 2. The lowest BCUT2D eigenvalue weighted by Gasteiger charge is -2.25. The van der Waals surface area contributed by atoms with Crippen molar-refractivity contribution < 1.29 is 19.1 Å². The van der Waals surface area contributed by atoms with Crippen LogP contribution in [0.15, 0.2) is 24.3 Å². The third-order valence-corrected chi connectivity index (χ3v) is 3.69. The molecule has 0 aromatic heterocycles. The van der Waals surface area contributed by atoms with E-state index in [4.69, 9.17) is 9.47 Å². The third-order valence-electron chi connectivity index (χ3n) is 3.69. The molecule has 21 heavy (non-hydrogen) atoms. The van der Waals surface area contributed by atoms with Crippen LogP contribution in [-0.4, -0.2) is 25.0 Å². The first-order valence-corrected chi connectivity index (χ1v) is 7.57. The first-order valence-electron chi connectivity index (χ1n) is 7.57. The summed E-state index contributed by atoms with van der Waals surface area (Å²) >= 11 is 0. The summed E-state index contributed by atoms with van der Waals surface area (Å²) in [6.07, 6.45) is 2.49. The van der Waals surface area contributed by atoms with Crippen LogP contribution in [0.3, 0.4) is 0 Å². The first kappa shape index (κ1) is 15.7. The fraction of sp³-hybridized carbons (Fsp3) is 0.529. The topological polar surface area (TPSA) is 52.6 Å². The molecule has 114 valence electrons. The zero-order valence-corrected chi connectivity index (χ0v) is 12.5. The van der Waals surface area contributed by atoms with Gasteiger partial charge in [0.25, 0.3) is 0 Å². The lowest BCUT2D eigenvalue weighted by molar-refractivity contribution is -0.144. The number of fused-ring (bicyclic) bond motifs is 1. The Kier molecular flexibility index (Phi) is 5.93. The Balaban J connectivity index is 1.79. The monoisotopic (exact) mass is 290 g/mol. The second kappa shape index (κ2) is 7.93. The maximum absolute atomic E-state index is 11.8. The number of hydrogen-bond acceptors (Lipinski definition) is 4. The molecule has 0 bridgehead atoms. The molecule has 4 nitrogen and oxygen atoms in total. The van der Waals surface area contributed by atoms with E-state index in [0.29, 0.717) is 26.1 Å². The molecule has 1 heterocycles. The van der Waals surface area contributed by atoms with Gasteiger partial charge in [-0.05, 0) is 30.9 Å². The highest BCUT2D eigenvalue weighted by molar-refractivity contribution is 5.82. The summed E-state index contributed by atoms with van der Waals surface area (Å²) in [6, 6.07) is 8.23. The number of Topliss-reactive ketones (excluding diaryl/α,β-unsaturated/α-hetero) is 1. The van der Waals surface area contributed by atoms with E-state index in [1.54, 1.807) is 6.92 Å². The molecule has 1 aliphatic rings. The summed E-state index contributed by atoms with van der Waals surface area (Å²) in [7, 11) is 0.